The van der Waals surface area contributed by atoms with Crippen LogP contribution in [-0.2, 0) is 7.05 Å². The molecule has 0 fully saturated rings. The van der Waals surface area contributed by atoms with Gasteiger partial charge < -0.3 is 10.5 Å². The van der Waals surface area contributed by atoms with Crippen LogP contribution >= 0.6 is 0 Å². The summed E-state index contributed by atoms with van der Waals surface area (Å²) in [6.45, 7) is 0. The quantitative estimate of drug-likeness (QED) is 0.830. The van der Waals surface area contributed by atoms with Gasteiger partial charge in [-0.2, -0.15) is 5.10 Å². The van der Waals surface area contributed by atoms with Crippen LogP contribution in [0.1, 0.15) is 17.3 Å². The van der Waals surface area contributed by atoms with Crippen LogP contribution < -0.4 is 10.5 Å². The Kier molecular flexibility index (Phi) is 2.87. The Hall–Kier alpha value is -1.88. The van der Waals surface area contributed by atoms with Gasteiger partial charge in [0.1, 0.15) is 5.75 Å². The molecule has 1 unspecified atom stereocenters. The lowest BCUT2D eigenvalue weighted by atomic mass is 10.1. The molecule has 84 valence electrons. The average Bonchev–Trinajstić information content (AvgIpc) is 2.74. The molecule has 0 saturated heterocycles. The number of ether oxygens (including phenoxy) is 1. The van der Waals surface area contributed by atoms with Crippen LogP contribution in [0.3, 0.4) is 0 Å². The van der Waals surface area contributed by atoms with E-state index in [-0.39, 0.29) is 6.04 Å². The molecule has 0 aliphatic rings. The Labute approximate surface area is 93.9 Å². The summed E-state index contributed by atoms with van der Waals surface area (Å²) in [6.07, 6.45) is 5.11. The maximum absolute atomic E-state index is 6.13. The molecule has 16 heavy (non-hydrogen) atoms. The Morgan fingerprint density at radius 2 is 2.25 bits per heavy atom. The summed E-state index contributed by atoms with van der Waals surface area (Å²) in [5.74, 6) is 0.704. The van der Waals surface area contributed by atoms with Gasteiger partial charge in [-0.25, -0.2) is 0 Å². The zero-order chi connectivity index (χ0) is 11.5. The van der Waals surface area contributed by atoms with Crippen molar-refractivity contribution in [2.24, 2.45) is 12.8 Å². The summed E-state index contributed by atoms with van der Waals surface area (Å²) in [5, 5.41) is 4.09. The Balaban J connectivity index is 2.33. The highest BCUT2D eigenvalue weighted by atomic mass is 16.5. The first-order valence-electron chi connectivity index (χ1n) is 4.95. The van der Waals surface area contributed by atoms with Crippen molar-refractivity contribution >= 4 is 0 Å². The molecule has 0 amide bonds. The average molecular weight is 218 g/mol. The van der Waals surface area contributed by atoms with Gasteiger partial charge in [-0.1, -0.05) is 0 Å². The number of nitrogens with zero attached hydrogens (tertiary/aromatic N) is 3. The molecule has 2 aromatic heterocycles. The van der Waals surface area contributed by atoms with Gasteiger partial charge in [-0.3, -0.25) is 9.67 Å². The van der Waals surface area contributed by atoms with Gasteiger partial charge in [0, 0.05) is 19.4 Å². The topological polar surface area (TPSA) is 66.0 Å². The summed E-state index contributed by atoms with van der Waals surface area (Å²) in [6, 6.07) is 3.53. The monoisotopic (exact) mass is 218 g/mol. The van der Waals surface area contributed by atoms with Gasteiger partial charge >= 0.3 is 0 Å². The third kappa shape index (κ3) is 1.90. The largest absolute Gasteiger partial charge is 0.495 e. The first-order chi connectivity index (χ1) is 7.72. The van der Waals surface area contributed by atoms with Crippen molar-refractivity contribution in [2.45, 2.75) is 6.04 Å². The molecule has 0 aromatic carbocycles. The third-order valence-corrected chi connectivity index (χ3v) is 2.51. The van der Waals surface area contributed by atoms with E-state index in [9.17, 15) is 0 Å². The Morgan fingerprint density at radius 3 is 2.88 bits per heavy atom. The van der Waals surface area contributed by atoms with E-state index in [2.05, 4.69) is 10.1 Å². The number of methoxy groups -OCH3 is 1. The molecule has 0 aliphatic carbocycles. The lowest BCUT2D eigenvalue weighted by molar-refractivity contribution is 0.412. The van der Waals surface area contributed by atoms with Crippen LogP contribution in [0.5, 0.6) is 5.75 Å². The number of rotatable bonds is 3. The number of nitrogens with two attached hydrogens (primary N) is 1. The van der Waals surface area contributed by atoms with Crippen LogP contribution in [0.25, 0.3) is 0 Å². The normalized spacial score (nSPS) is 12.4. The maximum atomic E-state index is 6.13. The molecule has 5 heteroatoms. The molecular formula is C11H14N4O. The first-order valence-corrected chi connectivity index (χ1v) is 4.95. The molecule has 0 bridgehead atoms. The van der Waals surface area contributed by atoms with E-state index in [1.165, 1.54) is 0 Å². The van der Waals surface area contributed by atoms with E-state index in [1.807, 2.05) is 19.2 Å². The molecule has 2 aromatic rings. The van der Waals surface area contributed by atoms with E-state index >= 15 is 0 Å². The highest BCUT2D eigenvalue weighted by Crippen LogP contribution is 2.21. The standard InChI is InChI=1S/C11H14N4O/c1-15-10(3-4-14-15)11(12)8-5-9(16-2)7-13-6-8/h3-7,11H,12H2,1-2H3. The van der Waals surface area contributed by atoms with E-state index in [4.69, 9.17) is 10.5 Å². The summed E-state index contributed by atoms with van der Waals surface area (Å²) in [5.41, 5.74) is 7.97. The maximum Gasteiger partial charge on any atom is 0.137 e. The van der Waals surface area contributed by atoms with Crippen LogP contribution in [0.15, 0.2) is 30.7 Å². The van der Waals surface area contributed by atoms with Gasteiger partial charge in [0.25, 0.3) is 0 Å². The van der Waals surface area contributed by atoms with E-state index < -0.39 is 0 Å². The van der Waals surface area contributed by atoms with Gasteiger partial charge in [0.05, 0.1) is 25.0 Å². The summed E-state index contributed by atoms with van der Waals surface area (Å²) in [4.78, 5) is 4.08. The van der Waals surface area contributed by atoms with Crippen molar-refractivity contribution in [2.75, 3.05) is 7.11 Å². The second-order valence-electron chi connectivity index (χ2n) is 3.52. The molecule has 2 rings (SSSR count). The van der Waals surface area contributed by atoms with Crippen LogP contribution in [0.4, 0.5) is 0 Å². The fourth-order valence-electron chi connectivity index (χ4n) is 1.58. The minimum atomic E-state index is -0.241. The molecule has 1 atom stereocenters. The lowest BCUT2D eigenvalue weighted by Crippen LogP contribution is -2.16. The van der Waals surface area contributed by atoms with Crippen molar-refractivity contribution in [1.82, 2.24) is 14.8 Å². The van der Waals surface area contributed by atoms with Crippen LogP contribution in [-0.4, -0.2) is 21.9 Å². The number of aryl methyl sites for hydroxylation is 1. The molecule has 0 spiro atoms. The molecule has 2 N–H and O–H groups in total. The minimum absolute atomic E-state index is 0.241. The number of hydrogen-bond acceptors (Lipinski definition) is 4. The van der Waals surface area contributed by atoms with Crippen LogP contribution in [0, 0.1) is 0 Å². The molecule has 0 aliphatic heterocycles. The van der Waals surface area contributed by atoms with Crippen molar-refractivity contribution in [3.8, 4) is 5.75 Å². The predicted molar refractivity (Wildman–Crippen MR) is 60.0 cm³/mol. The van der Waals surface area contributed by atoms with Gasteiger partial charge in [-0.15, -0.1) is 0 Å². The first kappa shape index (κ1) is 10.6. The smallest absolute Gasteiger partial charge is 0.137 e. The van der Waals surface area contributed by atoms with Crippen LogP contribution in [0.2, 0.25) is 0 Å². The van der Waals surface area contributed by atoms with Gasteiger partial charge in [0.2, 0.25) is 0 Å². The predicted octanol–water partition coefficient (Wildman–Crippen LogP) is 0.872. The van der Waals surface area contributed by atoms with Crippen molar-refractivity contribution in [1.29, 1.82) is 0 Å². The number of pyridine rings is 1. The zero-order valence-corrected chi connectivity index (χ0v) is 9.29. The van der Waals surface area contributed by atoms with E-state index in [1.54, 1.807) is 30.4 Å². The fraction of sp³-hybridized carbons (Fsp3) is 0.273. The SMILES string of the molecule is COc1cncc(C(N)c2ccnn2C)c1. The molecule has 0 saturated carbocycles. The van der Waals surface area contributed by atoms with Gasteiger partial charge in [-0.05, 0) is 17.7 Å². The summed E-state index contributed by atoms with van der Waals surface area (Å²) in [7, 11) is 3.47. The molecule has 5 nitrogen and oxygen atoms in total. The molecule has 0 radical (unpaired) electrons. The Bertz CT molecular complexity index is 480. The molecular weight excluding hydrogens is 204 g/mol. The van der Waals surface area contributed by atoms with Crippen molar-refractivity contribution in [3.63, 3.8) is 0 Å². The Morgan fingerprint density at radius 1 is 1.44 bits per heavy atom. The lowest BCUT2D eigenvalue weighted by Gasteiger charge is -2.12. The second-order valence-corrected chi connectivity index (χ2v) is 3.52. The second kappa shape index (κ2) is 4.32. The zero-order valence-electron chi connectivity index (χ0n) is 9.29. The highest BCUT2D eigenvalue weighted by molar-refractivity contribution is 5.30. The van der Waals surface area contributed by atoms with Crippen molar-refractivity contribution < 1.29 is 4.74 Å². The third-order valence-electron chi connectivity index (χ3n) is 2.51. The fourth-order valence-corrected chi connectivity index (χ4v) is 1.58. The highest BCUT2D eigenvalue weighted by Gasteiger charge is 2.13. The van der Waals surface area contributed by atoms with Gasteiger partial charge in [0.15, 0.2) is 0 Å². The summed E-state index contributed by atoms with van der Waals surface area (Å²) < 4.78 is 6.87. The van der Waals surface area contributed by atoms with E-state index in [0.29, 0.717) is 5.75 Å². The summed E-state index contributed by atoms with van der Waals surface area (Å²) >= 11 is 0. The molecule has 2 heterocycles. The number of aromatic nitrogens is 3. The minimum Gasteiger partial charge on any atom is -0.495 e. The number of hydrogen-bond donors (Lipinski definition) is 1. The van der Waals surface area contributed by atoms with Crippen molar-refractivity contribution in [3.05, 3.63) is 42.0 Å². The van der Waals surface area contributed by atoms with E-state index in [0.717, 1.165) is 11.3 Å².